The summed E-state index contributed by atoms with van der Waals surface area (Å²) >= 11 is 8.32. The standard InChI is InChI=1S/C14H21BrN2OS/c1-11(2)17(8-7-14(16)19)9-10-18-13-5-3-12(15)4-6-13/h3-6,11H,7-10H2,1-2H3,(H2,16,19). The van der Waals surface area contributed by atoms with Crippen molar-refractivity contribution < 1.29 is 4.74 Å². The molecule has 0 bridgehead atoms. The zero-order valence-electron chi connectivity index (χ0n) is 11.4. The average molecular weight is 345 g/mol. The Kier molecular flexibility index (Phi) is 7.34. The summed E-state index contributed by atoms with van der Waals surface area (Å²) in [5.41, 5.74) is 5.54. The first-order valence-electron chi connectivity index (χ1n) is 6.39. The maximum atomic E-state index is 5.72. The molecule has 0 saturated carbocycles. The fourth-order valence-electron chi connectivity index (χ4n) is 1.69. The molecule has 0 atom stereocenters. The average Bonchev–Trinajstić information content (AvgIpc) is 2.35. The Balaban J connectivity index is 2.35. The Morgan fingerprint density at radius 3 is 2.47 bits per heavy atom. The molecular weight excluding hydrogens is 324 g/mol. The topological polar surface area (TPSA) is 38.5 Å². The smallest absolute Gasteiger partial charge is 0.119 e. The minimum atomic E-state index is 0.461. The molecule has 0 spiro atoms. The van der Waals surface area contributed by atoms with Crippen LogP contribution in [0.2, 0.25) is 0 Å². The van der Waals surface area contributed by atoms with Crippen molar-refractivity contribution in [3.63, 3.8) is 0 Å². The van der Waals surface area contributed by atoms with Crippen LogP contribution in [0.4, 0.5) is 0 Å². The maximum absolute atomic E-state index is 5.72. The van der Waals surface area contributed by atoms with Gasteiger partial charge in [-0.15, -0.1) is 0 Å². The first kappa shape index (κ1) is 16.4. The van der Waals surface area contributed by atoms with Crippen LogP contribution in [0.25, 0.3) is 0 Å². The lowest BCUT2D eigenvalue weighted by atomic mass is 10.3. The van der Waals surface area contributed by atoms with E-state index >= 15 is 0 Å². The van der Waals surface area contributed by atoms with Crippen LogP contribution >= 0.6 is 28.1 Å². The Morgan fingerprint density at radius 1 is 1.32 bits per heavy atom. The summed E-state index contributed by atoms with van der Waals surface area (Å²) in [5, 5.41) is 0. The van der Waals surface area contributed by atoms with E-state index in [0.29, 0.717) is 17.6 Å². The van der Waals surface area contributed by atoms with E-state index in [0.717, 1.165) is 29.7 Å². The summed E-state index contributed by atoms with van der Waals surface area (Å²) in [6, 6.07) is 8.32. The van der Waals surface area contributed by atoms with Gasteiger partial charge in [-0.25, -0.2) is 0 Å². The van der Waals surface area contributed by atoms with Crippen molar-refractivity contribution in [3.8, 4) is 5.75 Å². The van der Waals surface area contributed by atoms with Gasteiger partial charge in [-0.2, -0.15) is 0 Å². The van der Waals surface area contributed by atoms with Crippen molar-refractivity contribution in [1.29, 1.82) is 0 Å². The number of thiocarbonyl (C=S) groups is 1. The lowest BCUT2D eigenvalue weighted by molar-refractivity contribution is 0.180. The second-order valence-electron chi connectivity index (χ2n) is 4.65. The number of hydrogen-bond acceptors (Lipinski definition) is 3. The Labute approximate surface area is 129 Å². The molecule has 0 saturated heterocycles. The Bertz CT molecular complexity index is 395. The van der Waals surface area contributed by atoms with Crippen LogP contribution in [0.1, 0.15) is 20.3 Å². The number of nitrogens with zero attached hydrogens (tertiary/aromatic N) is 1. The summed E-state index contributed by atoms with van der Waals surface area (Å²) in [6.45, 7) is 6.75. The summed E-state index contributed by atoms with van der Waals surface area (Å²) < 4.78 is 6.78. The molecule has 2 N–H and O–H groups in total. The SMILES string of the molecule is CC(C)N(CCOc1ccc(Br)cc1)CCC(N)=S. The molecule has 0 heterocycles. The van der Waals surface area contributed by atoms with Gasteiger partial charge < -0.3 is 10.5 Å². The zero-order chi connectivity index (χ0) is 14.3. The van der Waals surface area contributed by atoms with E-state index in [1.165, 1.54) is 0 Å². The van der Waals surface area contributed by atoms with Gasteiger partial charge in [0, 0.05) is 30.0 Å². The molecule has 3 nitrogen and oxygen atoms in total. The third kappa shape index (κ3) is 6.89. The van der Waals surface area contributed by atoms with Crippen LogP contribution < -0.4 is 10.5 Å². The van der Waals surface area contributed by atoms with Crippen molar-refractivity contribution in [3.05, 3.63) is 28.7 Å². The van der Waals surface area contributed by atoms with Crippen molar-refractivity contribution in [2.24, 2.45) is 5.73 Å². The number of benzene rings is 1. The maximum Gasteiger partial charge on any atom is 0.119 e. The second-order valence-corrected chi connectivity index (χ2v) is 6.09. The highest BCUT2D eigenvalue weighted by atomic mass is 79.9. The number of rotatable bonds is 8. The summed E-state index contributed by atoms with van der Waals surface area (Å²) in [6.07, 6.45) is 0.756. The zero-order valence-corrected chi connectivity index (χ0v) is 13.8. The van der Waals surface area contributed by atoms with Gasteiger partial charge >= 0.3 is 0 Å². The van der Waals surface area contributed by atoms with E-state index in [-0.39, 0.29) is 0 Å². The fourth-order valence-corrected chi connectivity index (χ4v) is 2.05. The van der Waals surface area contributed by atoms with Gasteiger partial charge in [-0.3, -0.25) is 4.90 Å². The van der Waals surface area contributed by atoms with Crippen LogP contribution in [0.3, 0.4) is 0 Å². The predicted molar refractivity (Wildman–Crippen MR) is 87.7 cm³/mol. The molecule has 0 aliphatic rings. The van der Waals surface area contributed by atoms with E-state index in [1.54, 1.807) is 0 Å². The lowest BCUT2D eigenvalue weighted by Crippen LogP contribution is -2.36. The molecule has 0 radical (unpaired) electrons. The van der Waals surface area contributed by atoms with Gasteiger partial charge in [0.25, 0.3) is 0 Å². The number of hydrogen-bond donors (Lipinski definition) is 1. The van der Waals surface area contributed by atoms with E-state index in [9.17, 15) is 0 Å². The van der Waals surface area contributed by atoms with E-state index in [1.807, 2.05) is 24.3 Å². The molecule has 0 aliphatic heterocycles. The Morgan fingerprint density at radius 2 is 1.95 bits per heavy atom. The molecule has 0 fully saturated rings. The van der Waals surface area contributed by atoms with Crippen molar-refractivity contribution in [2.45, 2.75) is 26.3 Å². The monoisotopic (exact) mass is 344 g/mol. The molecule has 1 aromatic carbocycles. The third-order valence-corrected chi connectivity index (χ3v) is 3.57. The summed E-state index contributed by atoms with van der Waals surface area (Å²) in [7, 11) is 0. The molecular formula is C14H21BrN2OS. The fraction of sp³-hybridized carbons (Fsp3) is 0.500. The molecule has 1 aromatic rings. The Hall–Kier alpha value is -0.650. The van der Waals surface area contributed by atoms with E-state index < -0.39 is 0 Å². The minimum absolute atomic E-state index is 0.461. The van der Waals surface area contributed by atoms with Gasteiger partial charge in [-0.05, 0) is 38.1 Å². The molecule has 5 heteroatoms. The normalized spacial score (nSPS) is 11.0. The second kappa shape index (κ2) is 8.51. The van der Waals surface area contributed by atoms with Gasteiger partial charge in [0.1, 0.15) is 12.4 Å². The van der Waals surface area contributed by atoms with Crippen molar-refractivity contribution in [1.82, 2.24) is 4.90 Å². The first-order valence-corrected chi connectivity index (χ1v) is 7.60. The molecule has 0 amide bonds. The molecule has 0 unspecified atom stereocenters. The third-order valence-electron chi connectivity index (χ3n) is 2.84. The van der Waals surface area contributed by atoms with Gasteiger partial charge in [-0.1, -0.05) is 28.1 Å². The van der Waals surface area contributed by atoms with Gasteiger partial charge in [0.15, 0.2) is 0 Å². The van der Waals surface area contributed by atoms with Crippen LogP contribution in [-0.4, -0.2) is 35.6 Å². The predicted octanol–water partition coefficient (Wildman–Crippen LogP) is 3.21. The minimum Gasteiger partial charge on any atom is -0.492 e. The molecule has 19 heavy (non-hydrogen) atoms. The number of ether oxygens (including phenoxy) is 1. The molecule has 0 aliphatic carbocycles. The number of nitrogens with two attached hydrogens (primary N) is 1. The van der Waals surface area contributed by atoms with Crippen LogP contribution in [0.5, 0.6) is 5.75 Å². The summed E-state index contributed by atoms with van der Waals surface area (Å²) in [5.74, 6) is 0.890. The van der Waals surface area contributed by atoms with Crippen LogP contribution in [0, 0.1) is 0 Å². The molecule has 1 rings (SSSR count). The quantitative estimate of drug-likeness (QED) is 0.735. The first-order chi connectivity index (χ1) is 8.99. The van der Waals surface area contributed by atoms with Gasteiger partial charge in [0.2, 0.25) is 0 Å². The highest BCUT2D eigenvalue weighted by Crippen LogP contribution is 2.16. The molecule has 106 valence electrons. The lowest BCUT2D eigenvalue weighted by Gasteiger charge is -2.26. The van der Waals surface area contributed by atoms with E-state index in [2.05, 4.69) is 34.7 Å². The van der Waals surface area contributed by atoms with Crippen molar-refractivity contribution in [2.75, 3.05) is 19.7 Å². The van der Waals surface area contributed by atoms with Crippen molar-refractivity contribution >= 4 is 33.1 Å². The summed E-state index contributed by atoms with van der Waals surface area (Å²) in [4.78, 5) is 2.89. The largest absolute Gasteiger partial charge is 0.492 e. The highest BCUT2D eigenvalue weighted by Gasteiger charge is 2.09. The van der Waals surface area contributed by atoms with E-state index in [4.69, 9.17) is 22.7 Å². The van der Waals surface area contributed by atoms with Gasteiger partial charge in [0.05, 0.1) is 4.99 Å². The molecule has 0 aromatic heterocycles. The highest BCUT2D eigenvalue weighted by molar-refractivity contribution is 9.10. The van der Waals surface area contributed by atoms with Crippen LogP contribution in [-0.2, 0) is 0 Å². The van der Waals surface area contributed by atoms with Crippen LogP contribution in [0.15, 0.2) is 28.7 Å². The number of halogens is 1.